The molecule has 1 saturated heterocycles. The van der Waals surface area contributed by atoms with E-state index in [1.165, 1.54) is 25.0 Å². The van der Waals surface area contributed by atoms with Gasteiger partial charge in [-0.2, -0.15) is 5.10 Å². The monoisotopic (exact) mass is 385 g/mol. The molecule has 0 atom stereocenters. The summed E-state index contributed by atoms with van der Waals surface area (Å²) in [6, 6.07) is 7.78. The minimum Gasteiger partial charge on any atom is -0.349 e. The number of fused-ring (bicyclic) bond motifs is 1. The van der Waals surface area contributed by atoms with E-state index in [-0.39, 0.29) is 23.3 Å². The molecule has 2 amide bonds. The van der Waals surface area contributed by atoms with Crippen LogP contribution in [-0.4, -0.2) is 64.1 Å². The topological polar surface area (TPSA) is 70.5 Å². The summed E-state index contributed by atoms with van der Waals surface area (Å²) in [5.74, 6) is -0.774. The van der Waals surface area contributed by atoms with Gasteiger partial charge in [0, 0.05) is 32.2 Å². The molecular weight excluding hydrogens is 361 g/mol. The van der Waals surface area contributed by atoms with Crippen LogP contribution in [0.2, 0.25) is 0 Å². The summed E-state index contributed by atoms with van der Waals surface area (Å²) < 4.78 is 15.0. The molecule has 0 saturated carbocycles. The first-order valence-electron chi connectivity index (χ1n) is 9.72. The van der Waals surface area contributed by atoms with E-state index in [1.54, 1.807) is 27.8 Å². The van der Waals surface area contributed by atoms with Gasteiger partial charge in [0.15, 0.2) is 5.69 Å². The number of aromatic nitrogens is 2. The molecule has 0 radical (unpaired) electrons. The molecule has 2 aliphatic rings. The molecule has 1 aromatic carbocycles. The Morgan fingerprint density at radius 2 is 1.96 bits per heavy atom. The lowest BCUT2D eigenvalue weighted by Crippen LogP contribution is -2.39. The largest absolute Gasteiger partial charge is 0.349 e. The Balaban J connectivity index is 1.37. The van der Waals surface area contributed by atoms with Gasteiger partial charge in [-0.1, -0.05) is 12.1 Å². The van der Waals surface area contributed by atoms with Crippen LogP contribution >= 0.6 is 0 Å². The molecule has 2 aromatic rings. The van der Waals surface area contributed by atoms with Gasteiger partial charge < -0.3 is 15.1 Å². The first-order chi connectivity index (χ1) is 13.6. The zero-order valence-corrected chi connectivity index (χ0v) is 15.7. The molecule has 0 bridgehead atoms. The molecule has 4 rings (SSSR count). The maximum absolute atomic E-state index is 13.4. The highest BCUT2D eigenvalue weighted by molar-refractivity contribution is 5.98. The number of benzene rings is 1. The summed E-state index contributed by atoms with van der Waals surface area (Å²) in [6.07, 6.45) is 2.44. The van der Waals surface area contributed by atoms with Crippen molar-refractivity contribution in [1.82, 2.24) is 24.9 Å². The number of nitrogens with one attached hydrogen (secondary N) is 1. The predicted molar refractivity (Wildman–Crippen MR) is 101 cm³/mol. The lowest BCUT2D eigenvalue weighted by atomic mass is 10.2. The van der Waals surface area contributed by atoms with Crippen LogP contribution in [0.3, 0.4) is 0 Å². The molecule has 2 aliphatic heterocycles. The van der Waals surface area contributed by atoms with Gasteiger partial charge in [0.1, 0.15) is 11.5 Å². The molecule has 3 heterocycles. The zero-order valence-electron chi connectivity index (χ0n) is 15.7. The summed E-state index contributed by atoms with van der Waals surface area (Å²) in [6.45, 7) is 4.89. The Bertz CT molecular complexity index is 875. The minimum absolute atomic E-state index is 0.195. The normalized spacial score (nSPS) is 17.0. The lowest BCUT2D eigenvalue weighted by molar-refractivity contribution is 0.0682. The lowest BCUT2D eigenvalue weighted by Gasteiger charge is -2.27. The van der Waals surface area contributed by atoms with E-state index < -0.39 is 0 Å². The Morgan fingerprint density at radius 3 is 2.75 bits per heavy atom. The molecule has 0 spiro atoms. The highest BCUT2D eigenvalue weighted by Crippen LogP contribution is 2.17. The van der Waals surface area contributed by atoms with Crippen LogP contribution in [0, 0.1) is 5.82 Å². The zero-order chi connectivity index (χ0) is 19.5. The van der Waals surface area contributed by atoms with Gasteiger partial charge in [0.25, 0.3) is 11.8 Å². The van der Waals surface area contributed by atoms with Gasteiger partial charge in [-0.15, -0.1) is 0 Å². The quantitative estimate of drug-likeness (QED) is 0.818. The van der Waals surface area contributed by atoms with Crippen molar-refractivity contribution in [2.45, 2.75) is 25.9 Å². The van der Waals surface area contributed by atoms with Crippen LogP contribution in [0.15, 0.2) is 30.3 Å². The van der Waals surface area contributed by atoms with E-state index in [4.69, 9.17) is 0 Å². The van der Waals surface area contributed by atoms with Crippen molar-refractivity contribution >= 4 is 11.8 Å². The molecule has 1 fully saturated rings. The maximum atomic E-state index is 13.4. The first-order valence-corrected chi connectivity index (χ1v) is 9.72. The minimum atomic E-state index is -0.320. The van der Waals surface area contributed by atoms with E-state index >= 15 is 0 Å². The van der Waals surface area contributed by atoms with Gasteiger partial charge in [-0.3, -0.25) is 14.3 Å². The van der Waals surface area contributed by atoms with E-state index in [0.29, 0.717) is 31.9 Å². The van der Waals surface area contributed by atoms with Gasteiger partial charge in [0.2, 0.25) is 0 Å². The molecule has 1 N–H and O–H groups in total. The number of nitrogens with zero attached hydrogens (tertiary/aromatic N) is 4. The van der Waals surface area contributed by atoms with Crippen LogP contribution in [0.4, 0.5) is 4.39 Å². The SMILES string of the molecule is O=C(NCCN1CCCC1)c1cc2n(n1)CCN(Cc1cccc(F)c1)C2=O. The number of rotatable bonds is 6. The Hall–Kier alpha value is -2.74. The Morgan fingerprint density at radius 1 is 1.14 bits per heavy atom. The second-order valence-corrected chi connectivity index (χ2v) is 7.30. The smallest absolute Gasteiger partial charge is 0.272 e. The molecular formula is C20H24FN5O2. The van der Waals surface area contributed by atoms with Crippen LogP contribution in [0.5, 0.6) is 0 Å². The number of hydrogen-bond donors (Lipinski definition) is 1. The van der Waals surface area contributed by atoms with Crippen molar-refractivity contribution < 1.29 is 14.0 Å². The fraction of sp³-hybridized carbons (Fsp3) is 0.450. The summed E-state index contributed by atoms with van der Waals surface area (Å²) in [5.41, 5.74) is 1.39. The summed E-state index contributed by atoms with van der Waals surface area (Å²) in [5, 5.41) is 7.17. The molecule has 148 valence electrons. The number of halogens is 1. The molecule has 7 nitrogen and oxygen atoms in total. The van der Waals surface area contributed by atoms with Gasteiger partial charge >= 0.3 is 0 Å². The van der Waals surface area contributed by atoms with Crippen LogP contribution < -0.4 is 5.32 Å². The van der Waals surface area contributed by atoms with Crippen LogP contribution in [0.1, 0.15) is 39.4 Å². The third-order valence-corrected chi connectivity index (χ3v) is 5.28. The highest BCUT2D eigenvalue weighted by atomic mass is 19.1. The van der Waals surface area contributed by atoms with Crippen molar-refractivity contribution in [3.05, 3.63) is 53.1 Å². The summed E-state index contributed by atoms with van der Waals surface area (Å²) >= 11 is 0. The number of carbonyl (C=O) groups is 2. The standard InChI is InChI=1S/C20H24FN5O2/c21-16-5-3-4-15(12-16)14-25-10-11-26-18(20(25)28)13-17(23-26)19(27)22-6-9-24-7-1-2-8-24/h3-5,12-13H,1-2,6-11,14H2,(H,22,27). The van der Waals surface area contributed by atoms with Crippen molar-refractivity contribution in [3.8, 4) is 0 Å². The Labute approximate surface area is 163 Å². The third kappa shape index (κ3) is 4.06. The average Bonchev–Trinajstić information content (AvgIpc) is 3.34. The molecule has 1 aromatic heterocycles. The Kier molecular flexibility index (Phi) is 5.38. The molecule has 0 unspecified atom stereocenters. The molecule has 28 heavy (non-hydrogen) atoms. The first kappa shape index (κ1) is 18.6. The molecule has 8 heteroatoms. The van der Waals surface area contributed by atoms with Crippen LogP contribution in [-0.2, 0) is 13.1 Å². The van der Waals surface area contributed by atoms with Crippen LogP contribution in [0.25, 0.3) is 0 Å². The van der Waals surface area contributed by atoms with Crippen molar-refractivity contribution in [1.29, 1.82) is 0 Å². The highest BCUT2D eigenvalue weighted by Gasteiger charge is 2.28. The fourth-order valence-electron chi connectivity index (χ4n) is 3.78. The summed E-state index contributed by atoms with van der Waals surface area (Å²) in [4.78, 5) is 29.1. The van der Waals surface area contributed by atoms with Crippen molar-refractivity contribution in [3.63, 3.8) is 0 Å². The van der Waals surface area contributed by atoms with E-state index in [9.17, 15) is 14.0 Å². The molecule has 0 aliphatic carbocycles. The number of likely N-dealkylation sites (tertiary alicyclic amines) is 1. The predicted octanol–water partition coefficient (Wildman–Crippen LogP) is 1.50. The van der Waals surface area contributed by atoms with Gasteiger partial charge in [-0.05, 0) is 43.6 Å². The summed E-state index contributed by atoms with van der Waals surface area (Å²) in [7, 11) is 0. The van der Waals surface area contributed by atoms with Crippen molar-refractivity contribution in [2.24, 2.45) is 0 Å². The van der Waals surface area contributed by atoms with E-state index in [0.717, 1.165) is 25.2 Å². The van der Waals surface area contributed by atoms with E-state index in [2.05, 4.69) is 15.3 Å². The maximum Gasteiger partial charge on any atom is 0.272 e. The fourth-order valence-corrected chi connectivity index (χ4v) is 3.78. The van der Waals surface area contributed by atoms with Gasteiger partial charge in [-0.25, -0.2) is 4.39 Å². The van der Waals surface area contributed by atoms with E-state index in [1.807, 2.05) is 0 Å². The average molecular weight is 385 g/mol. The second-order valence-electron chi connectivity index (χ2n) is 7.30. The van der Waals surface area contributed by atoms with Crippen molar-refractivity contribution in [2.75, 3.05) is 32.7 Å². The number of hydrogen-bond acceptors (Lipinski definition) is 4. The van der Waals surface area contributed by atoms with Gasteiger partial charge in [0.05, 0.1) is 6.54 Å². The number of amides is 2. The second kappa shape index (κ2) is 8.10. The number of carbonyl (C=O) groups excluding carboxylic acids is 2. The third-order valence-electron chi connectivity index (χ3n) is 5.28.